The minimum absolute atomic E-state index is 0.116. The van der Waals surface area contributed by atoms with Gasteiger partial charge in [-0.25, -0.2) is 4.79 Å². The van der Waals surface area contributed by atoms with Gasteiger partial charge in [-0.05, 0) is 31.2 Å². The molecule has 116 valence electrons. The number of benzene rings is 1. The second-order valence-electron chi connectivity index (χ2n) is 4.82. The average Bonchev–Trinajstić information content (AvgIpc) is 2.94. The number of fused-ring (bicyclic) bond motifs is 1. The number of hydrogen-bond donors (Lipinski definition) is 2. The zero-order valence-corrected chi connectivity index (χ0v) is 13.5. The first kappa shape index (κ1) is 15.0. The van der Waals surface area contributed by atoms with E-state index >= 15 is 0 Å². The minimum Gasteiger partial charge on any atom is -0.486 e. The van der Waals surface area contributed by atoms with Gasteiger partial charge in [-0.15, -0.1) is 11.3 Å². The van der Waals surface area contributed by atoms with Crippen LogP contribution in [-0.4, -0.2) is 19.2 Å². The Morgan fingerprint density at radius 2 is 2.00 bits per heavy atom. The molecule has 5 nitrogen and oxygen atoms in total. The molecule has 7 heteroatoms. The average molecular weight is 339 g/mol. The van der Waals surface area contributed by atoms with Gasteiger partial charge in [-0.3, -0.25) is 0 Å². The maximum absolute atomic E-state index is 12.0. The quantitative estimate of drug-likeness (QED) is 0.887. The van der Waals surface area contributed by atoms with Crippen molar-refractivity contribution in [1.29, 1.82) is 0 Å². The molecular formula is C15H15ClN2O3S. The van der Waals surface area contributed by atoms with Crippen molar-refractivity contribution in [3.8, 4) is 11.5 Å². The van der Waals surface area contributed by atoms with E-state index in [4.69, 9.17) is 21.1 Å². The highest BCUT2D eigenvalue weighted by Gasteiger charge is 2.14. The number of urea groups is 1. The van der Waals surface area contributed by atoms with Gasteiger partial charge in [-0.2, -0.15) is 0 Å². The van der Waals surface area contributed by atoms with Gasteiger partial charge < -0.3 is 20.1 Å². The number of hydrogen-bond acceptors (Lipinski definition) is 4. The van der Waals surface area contributed by atoms with Crippen molar-refractivity contribution >= 4 is 34.7 Å². The fourth-order valence-corrected chi connectivity index (χ4v) is 3.18. The van der Waals surface area contributed by atoms with Crippen LogP contribution in [0, 0.1) is 0 Å². The van der Waals surface area contributed by atoms with E-state index in [1.807, 2.05) is 19.1 Å². The molecule has 0 saturated heterocycles. The van der Waals surface area contributed by atoms with Gasteiger partial charge in [0.05, 0.1) is 10.4 Å². The molecule has 2 amide bonds. The van der Waals surface area contributed by atoms with Crippen molar-refractivity contribution in [3.63, 3.8) is 0 Å². The maximum atomic E-state index is 12.0. The number of ether oxygens (including phenoxy) is 2. The summed E-state index contributed by atoms with van der Waals surface area (Å²) < 4.78 is 11.6. The van der Waals surface area contributed by atoms with Gasteiger partial charge in [0.1, 0.15) is 13.2 Å². The topological polar surface area (TPSA) is 59.6 Å². The monoisotopic (exact) mass is 338 g/mol. The van der Waals surface area contributed by atoms with Crippen LogP contribution in [0.15, 0.2) is 30.3 Å². The summed E-state index contributed by atoms with van der Waals surface area (Å²) in [6, 6.07) is 8.64. The Morgan fingerprint density at radius 1 is 1.23 bits per heavy atom. The van der Waals surface area contributed by atoms with Crippen LogP contribution in [0.2, 0.25) is 4.34 Å². The number of nitrogens with one attached hydrogen (secondary N) is 2. The van der Waals surface area contributed by atoms with E-state index in [2.05, 4.69) is 10.6 Å². The first-order chi connectivity index (χ1) is 10.6. The van der Waals surface area contributed by atoms with Gasteiger partial charge in [0, 0.05) is 16.6 Å². The molecule has 3 rings (SSSR count). The van der Waals surface area contributed by atoms with E-state index in [-0.39, 0.29) is 12.1 Å². The third kappa shape index (κ3) is 3.45. The highest BCUT2D eigenvalue weighted by molar-refractivity contribution is 7.16. The van der Waals surface area contributed by atoms with Crippen LogP contribution in [0.3, 0.4) is 0 Å². The molecule has 0 unspecified atom stereocenters. The summed E-state index contributed by atoms with van der Waals surface area (Å²) in [5.41, 5.74) is 0.651. The van der Waals surface area contributed by atoms with Crippen molar-refractivity contribution in [2.75, 3.05) is 18.5 Å². The fourth-order valence-electron chi connectivity index (χ4n) is 2.12. The van der Waals surface area contributed by atoms with E-state index < -0.39 is 0 Å². The lowest BCUT2D eigenvalue weighted by atomic mass is 10.2. The summed E-state index contributed by atoms with van der Waals surface area (Å²) in [5, 5.41) is 5.65. The maximum Gasteiger partial charge on any atom is 0.319 e. The molecule has 2 N–H and O–H groups in total. The zero-order chi connectivity index (χ0) is 15.5. The largest absolute Gasteiger partial charge is 0.486 e. The summed E-state index contributed by atoms with van der Waals surface area (Å²) in [7, 11) is 0. The minimum atomic E-state index is -0.284. The van der Waals surface area contributed by atoms with Crippen LogP contribution in [0.25, 0.3) is 0 Å². The Kier molecular flexibility index (Phi) is 4.40. The van der Waals surface area contributed by atoms with Crippen LogP contribution in [-0.2, 0) is 0 Å². The molecule has 1 aliphatic rings. The van der Waals surface area contributed by atoms with Crippen LogP contribution in [0.1, 0.15) is 17.8 Å². The van der Waals surface area contributed by atoms with Gasteiger partial charge in [-0.1, -0.05) is 11.6 Å². The van der Waals surface area contributed by atoms with Gasteiger partial charge in [0.25, 0.3) is 0 Å². The second-order valence-corrected chi connectivity index (χ2v) is 6.57. The van der Waals surface area contributed by atoms with Crippen LogP contribution in [0.4, 0.5) is 10.5 Å². The Balaban J connectivity index is 1.62. The molecule has 2 heterocycles. The number of carbonyl (C=O) groups excluding carboxylic acids is 1. The molecule has 0 spiro atoms. The van der Waals surface area contributed by atoms with Crippen molar-refractivity contribution in [2.45, 2.75) is 13.0 Å². The van der Waals surface area contributed by atoms with Crippen LogP contribution >= 0.6 is 22.9 Å². The van der Waals surface area contributed by atoms with Crippen molar-refractivity contribution in [3.05, 3.63) is 39.5 Å². The van der Waals surface area contributed by atoms with Crippen molar-refractivity contribution < 1.29 is 14.3 Å². The Bertz CT molecular complexity index is 689. The molecule has 0 aliphatic carbocycles. The summed E-state index contributed by atoms with van der Waals surface area (Å²) >= 11 is 7.35. The molecular weight excluding hydrogens is 324 g/mol. The molecule has 22 heavy (non-hydrogen) atoms. The predicted octanol–water partition coefficient (Wildman–Crippen LogP) is 4.06. The van der Waals surface area contributed by atoms with Gasteiger partial charge >= 0.3 is 6.03 Å². The smallest absolute Gasteiger partial charge is 0.319 e. The fraction of sp³-hybridized carbons (Fsp3) is 0.267. The van der Waals surface area contributed by atoms with E-state index in [0.717, 1.165) is 4.88 Å². The Labute approximate surface area is 137 Å². The number of anilines is 1. The third-order valence-corrected chi connectivity index (χ3v) is 4.58. The molecule has 2 aromatic rings. The van der Waals surface area contributed by atoms with Crippen molar-refractivity contribution in [2.24, 2.45) is 0 Å². The number of thiophene rings is 1. The van der Waals surface area contributed by atoms with Crippen LogP contribution in [0.5, 0.6) is 11.5 Å². The number of halogens is 1. The summed E-state index contributed by atoms with van der Waals surface area (Å²) in [6.07, 6.45) is 0. The second kappa shape index (κ2) is 6.46. The Morgan fingerprint density at radius 3 is 2.73 bits per heavy atom. The molecule has 0 fully saturated rings. The lowest BCUT2D eigenvalue weighted by molar-refractivity contribution is 0.171. The summed E-state index contributed by atoms with van der Waals surface area (Å²) in [5.74, 6) is 1.33. The SMILES string of the molecule is C[C@H](NC(=O)Nc1ccc2c(c1)OCCO2)c1ccc(Cl)s1. The normalized spacial score (nSPS) is 14.3. The van der Waals surface area contributed by atoms with Gasteiger partial charge in [0.15, 0.2) is 11.5 Å². The third-order valence-electron chi connectivity index (χ3n) is 3.17. The Hall–Kier alpha value is -1.92. The molecule has 0 radical (unpaired) electrons. The first-order valence-corrected chi connectivity index (χ1v) is 8.03. The molecule has 1 aliphatic heterocycles. The molecule has 0 bridgehead atoms. The number of amides is 2. The zero-order valence-electron chi connectivity index (χ0n) is 11.9. The first-order valence-electron chi connectivity index (χ1n) is 6.84. The summed E-state index contributed by atoms with van der Waals surface area (Å²) in [6.45, 7) is 2.96. The predicted molar refractivity (Wildman–Crippen MR) is 87.3 cm³/mol. The number of carbonyl (C=O) groups is 1. The summed E-state index contributed by atoms with van der Waals surface area (Å²) in [4.78, 5) is 13.1. The molecule has 1 atom stereocenters. The van der Waals surface area contributed by atoms with E-state index in [0.29, 0.717) is 34.7 Å². The van der Waals surface area contributed by atoms with Gasteiger partial charge in [0.2, 0.25) is 0 Å². The highest BCUT2D eigenvalue weighted by Crippen LogP contribution is 2.32. The number of rotatable bonds is 3. The lowest BCUT2D eigenvalue weighted by Gasteiger charge is -2.19. The standard InChI is InChI=1S/C15H15ClN2O3S/c1-9(13-4-5-14(16)22-13)17-15(19)18-10-2-3-11-12(8-10)21-7-6-20-11/h2-5,8-9H,6-7H2,1H3,(H2,17,18,19)/t9-/m0/s1. The van der Waals surface area contributed by atoms with E-state index in [9.17, 15) is 4.79 Å². The molecule has 1 aromatic carbocycles. The van der Waals surface area contributed by atoms with Crippen molar-refractivity contribution in [1.82, 2.24) is 5.32 Å². The highest BCUT2D eigenvalue weighted by atomic mass is 35.5. The van der Waals surface area contributed by atoms with Crippen LogP contribution < -0.4 is 20.1 Å². The molecule has 0 saturated carbocycles. The van der Waals surface area contributed by atoms with E-state index in [1.165, 1.54) is 11.3 Å². The van der Waals surface area contributed by atoms with E-state index in [1.54, 1.807) is 18.2 Å². The molecule has 1 aromatic heterocycles. The lowest BCUT2D eigenvalue weighted by Crippen LogP contribution is -2.30.